The Morgan fingerprint density at radius 2 is 1.81 bits per heavy atom. The second-order valence-electron chi connectivity index (χ2n) is 7.10. The summed E-state index contributed by atoms with van der Waals surface area (Å²) in [5.41, 5.74) is 2.08. The first-order chi connectivity index (χ1) is 11.8. The molecule has 0 fully saturated rings. The van der Waals surface area contributed by atoms with Crippen LogP contribution in [0.4, 0.5) is 5.69 Å². The van der Waals surface area contributed by atoms with Crippen LogP contribution in [0.3, 0.4) is 0 Å². The molecule has 26 heavy (non-hydrogen) atoms. The number of nitrogens with zero attached hydrogens (tertiary/aromatic N) is 1. The Morgan fingerprint density at radius 1 is 1.19 bits per heavy atom. The van der Waals surface area contributed by atoms with Gasteiger partial charge >= 0.3 is 0 Å². The minimum absolute atomic E-state index is 0. The van der Waals surface area contributed by atoms with Crippen LogP contribution in [0.15, 0.2) is 29.3 Å². The van der Waals surface area contributed by atoms with E-state index in [9.17, 15) is 4.79 Å². The van der Waals surface area contributed by atoms with Gasteiger partial charge in [0.05, 0.1) is 6.10 Å². The number of aliphatic imine (C=N–C) groups is 1. The summed E-state index contributed by atoms with van der Waals surface area (Å²) in [5, 5.41) is 9.38. The van der Waals surface area contributed by atoms with E-state index in [0.29, 0.717) is 6.54 Å². The molecule has 148 valence electrons. The van der Waals surface area contributed by atoms with Crippen molar-refractivity contribution in [2.24, 2.45) is 10.4 Å². The zero-order valence-corrected chi connectivity index (χ0v) is 19.0. The zero-order chi connectivity index (χ0) is 18.9. The molecule has 1 aromatic rings. The average molecular weight is 476 g/mol. The molecular weight excluding hydrogens is 443 g/mol. The molecule has 0 spiro atoms. The molecule has 1 unspecified atom stereocenters. The number of carbonyl (C=O) groups is 1. The van der Waals surface area contributed by atoms with E-state index in [1.165, 1.54) is 12.5 Å². The van der Waals surface area contributed by atoms with Gasteiger partial charge in [-0.1, -0.05) is 32.9 Å². The Morgan fingerprint density at radius 3 is 2.27 bits per heavy atom. The lowest BCUT2D eigenvalue weighted by Crippen LogP contribution is -2.45. The maximum absolute atomic E-state index is 11.0. The van der Waals surface area contributed by atoms with E-state index in [1.807, 2.05) is 24.3 Å². The number of carbonyl (C=O) groups excluding carboxylic acids is 1. The van der Waals surface area contributed by atoms with Crippen LogP contribution in [0.5, 0.6) is 0 Å². The molecule has 0 radical (unpaired) electrons. The van der Waals surface area contributed by atoms with Crippen molar-refractivity contribution < 1.29 is 9.53 Å². The molecule has 0 heterocycles. The van der Waals surface area contributed by atoms with Crippen molar-refractivity contribution in [1.29, 1.82) is 0 Å². The number of methoxy groups -OCH3 is 1. The second kappa shape index (κ2) is 12.1. The average Bonchev–Trinajstić information content (AvgIpc) is 2.53. The number of nitrogens with one attached hydrogen (secondary N) is 3. The molecular formula is C19H33IN4O2. The summed E-state index contributed by atoms with van der Waals surface area (Å²) in [7, 11) is 3.49. The summed E-state index contributed by atoms with van der Waals surface area (Å²) >= 11 is 0. The number of anilines is 1. The first-order valence-corrected chi connectivity index (χ1v) is 8.60. The predicted octanol–water partition coefficient (Wildman–Crippen LogP) is 3.03. The fourth-order valence-corrected chi connectivity index (χ4v) is 2.44. The van der Waals surface area contributed by atoms with Crippen LogP contribution < -0.4 is 16.0 Å². The van der Waals surface area contributed by atoms with Gasteiger partial charge in [0, 0.05) is 39.9 Å². The fourth-order valence-electron chi connectivity index (χ4n) is 2.44. The van der Waals surface area contributed by atoms with Gasteiger partial charge in [-0.25, -0.2) is 0 Å². The third-order valence-electron chi connectivity index (χ3n) is 3.91. The lowest BCUT2D eigenvalue weighted by Gasteiger charge is -2.30. The van der Waals surface area contributed by atoms with Gasteiger partial charge in [0.25, 0.3) is 0 Å². The quantitative estimate of drug-likeness (QED) is 0.321. The number of guanidine groups is 1. The van der Waals surface area contributed by atoms with Gasteiger partial charge in [0.1, 0.15) is 0 Å². The molecule has 1 aromatic carbocycles. The summed E-state index contributed by atoms with van der Waals surface area (Å²) in [6.45, 7) is 9.44. The summed E-state index contributed by atoms with van der Waals surface area (Å²) < 4.78 is 5.55. The van der Waals surface area contributed by atoms with Crippen molar-refractivity contribution in [3.63, 3.8) is 0 Å². The van der Waals surface area contributed by atoms with E-state index < -0.39 is 0 Å². The molecule has 1 atom stereocenters. The largest absolute Gasteiger partial charge is 0.379 e. The van der Waals surface area contributed by atoms with E-state index in [2.05, 4.69) is 41.7 Å². The first-order valence-electron chi connectivity index (χ1n) is 8.60. The number of ether oxygens (including phenoxy) is 1. The van der Waals surface area contributed by atoms with Crippen LogP contribution in [0.25, 0.3) is 0 Å². The van der Waals surface area contributed by atoms with Crippen LogP contribution in [-0.4, -0.2) is 45.2 Å². The highest BCUT2D eigenvalue weighted by Crippen LogP contribution is 2.20. The Bertz CT molecular complexity index is 568. The maximum Gasteiger partial charge on any atom is 0.221 e. The maximum atomic E-state index is 11.0. The highest BCUT2D eigenvalue weighted by Gasteiger charge is 2.24. The van der Waals surface area contributed by atoms with Crippen LogP contribution in [0.2, 0.25) is 0 Å². The van der Waals surface area contributed by atoms with Crippen molar-refractivity contribution in [2.45, 2.75) is 40.2 Å². The van der Waals surface area contributed by atoms with Crippen LogP contribution in [0.1, 0.15) is 33.3 Å². The minimum Gasteiger partial charge on any atom is -0.379 e. The highest BCUT2D eigenvalue weighted by molar-refractivity contribution is 14.0. The summed E-state index contributed by atoms with van der Waals surface area (Å²) in [5.74, 6) is 0.704. The lowest BCUT2D eigenvalue weighted by molar-refractivity contribution is -0.114. The Kier molecular flexibility index (Phi) is 11.5. The number of hydrogen-bond acceptors (Lipinski definition) is 3. The molecule has 6 nitrogen and oxygen atoms in total. The van der Waals surface area contributed by atoms with Gasteiger partial charge in [-0.15, -0.1) is 24.0 Å². The minimum atomic E-state index is -0.0612. The second-order valence-corrected chi connectivity index (χ2v) is 7.10. The van der Waals surface area contributed by atoms with Gasteiger partial charge in [0.15, 0.2) is 5.96 Å². The molecule has 1 amide bonds. The van der Waals surface area contributed by atoms with Crippen LogP contribution in [-0.2, 0) is 16.0 Å². The molecule has 0 bridgehead atoms. The van der Waals surface area contributed by atoms with E-state index >= 15 is 0 Å². The molecule has 0 saturated carbocycles. The molecule has 3 N–H and O–H groups in total. The number of amides is 1. The number of halogens is 1. The van der Waals surface area contributed by atoms with Crippen LogP contribution >= 0.6 is 24.0 Å². The SMILES string of the molecule is CN=C(NCCc1ccc(NC(C)=O)cc1)NCC(OC)C(C)(C)C.I. The van der Waals surface area contributed by atoms with E-state index in [1.54, 1.807) is 14.2 Å². The topological polar surface area (TPSA) is 74.8 Å². The van der Waals surface area contributed by atoms with Crippen molar-refractivity contribution in [3.8, 4) is 0 Å². The molecule has 0 aliphatic rings. The molecule has 0 aliphatic carbocycles. The Hall–Kier alpha value is -1.35. The van der Waals surface area contributed by atoms with Gasteiger partial charge in [0.2, 0.25) is 5.91 Å². The molecule has 0 aliphatic heterocycles. The van der Waals surface area contributed by atoms with E-state index in [0.717, 1.165) is 24.6 Å². The van der Waals surface area contributed by atoms with Crippen LogP contribution in [0, 0.1) is 5.41 Å². The third-order valence-corrected chi connectivity index (χ3v) is 3.91. The van der Waals surface area contributed by atoms with Gasteiger partial charge in [-0.2, -0.15) is 0 Å². The van der Waals surface area contributed by atoms with E-state index in [4.69, 9.17) is 4.74 Å². The number of benzene rings is 1. The van der Waals surface area contributed by atoms with Crippen molar-refractivity contribution in [1.82, 2.24) is 10.6 Å². The molecule has 0 aromatic heterocycles. The summed E-state index contributed by atoms with van der Waals surface area (Å²) in [6, 6.07) is 7.86. The third kappa shape index (κ3) is 9.38. The molecule has 1 rings (SSSR count). The lowest BCUT2D eigenvalue weighted by atomic mass is 9.89. The predicted molar refractivity (Wildman–Crippen MR) is 119 cm³/mol. The highest BCUT2D eigenvalue weighted by atomic mass is 127. The van der Waals surface area contributed by atoms with Crippen molar-refractivity contribution in [2.75, 3.05) is 32.6 Å². The normalized spacial score (nSPS) is 12.8. The zero-order valence-electron chi connectivity index (χ0n) is 16.7. The van der Waals surface area contributed by atoms with Crippen molar-refractivity contribution in [3.05, 3.63) is 29.8 Å². The van der Waals surface area contributed by atoms with Gasteiger partial charge in [-0.3, -0.25) is 9.79 Å². The number of hydrogen-bond donors (Lipinski definition) is 3. The van der Waals surface area contributed by atoms with Gasteiger partial charge in [-0.05, 0) is 29.5 Å². The molecule has 7 heteroatoms. The fraction of sp³-hybridized carbons (Fsp3) is 0.579. The molecule has 0 saturated heterocycles. The summed E-state index contributed by atoms with van der Waals surface area (Å²) in [6.07, 6.45) is 0.973. The summed E-state index contributed by atoms with van der Waals surface area (Å²) in [4.78, 5) is 15.3. The van der Waals surface area contributed by atoms with Gasteiger partial charge < -0.3 is 20.7 Å². The smallest absolute Gasteiger partial charge is 0.221 e. The van der Waals surface area contributed by atoms with Crippen molar-refractivity contribution >= 4 is 41.5 Å². The Labute approximate surface area is 174 Å². The standard InChI is InChI=1S/C19H32N4O2.HI/c1-14(24)23-16-9-7-15(8-10-16)11-12-21-18(20-5)22-13-17(25-6)19(2,3)4;/h7-10,17H,11-13H2,1-6H3,(H,23,24)(H2,20,21,22);1H. The first kappa shape index (κ1) is 24.7. The van der Waals surface area contributed by atoms with E-state index in [-0.39, 0.29) is 41.4 Å². The number of rotatable bonds is 7. The Balaban J connectivity index is 0.00000625. The monoisotopic (exact) mass is 476 g/mol.